The average molecular weight is 340 g/mol. The third-order valence-corrected chi connectivity index (χ3v) is 5.84. The van der Waals surface area contributed by atoms with Gasteiger partial charge in [-0.05, 0) is 50.5 Å². The third-order valence-electron chi connectivity index (χ3n) is 5.84. The van der Waals surface area contributed by atoms with E-state index in [9.17, 15) is 9.59 Å². The van der Waals surface area contributed by atoms with Crippen molar-refractivity contribution in [2.24, 2.45) is 17.8 Å². The number of hydrogen-bond donors (Lipinski definition) is 1. The summed E-state index contributed by atoms with van der Waals surface area (Å²) in [5.74, 6) is 1.47. The van der Waals surface area contributed by atoms with Crippen molar-refractivity contribution in [3.05, 3.63) is 35.4 Å². The highest BCUT2D eigenvalue weighted by Gasteiger charge is 2.40. The number of nitrogens with zero attached hydrogens (tertiary/aromatic N) is 1. The number of nitrogens with one attached hydrogen (secondary N) is 1. The summed E-state index contributed by atoms with van der Waals surface area (Å²) in [5.41, 5.74) is 2.49. The maximum Gasteiger partial charge on any atom is 0.225 e. The molecule has 2 aliphatic carbocycles. The van der Waals surface area contributed by atoms with Crippen LogP contribution in [0.1, 0.15) is 49.1 Å². The minimum absolute atomic E-state index is 0.0827. The van der Waals surface area contributed by atoms with Crippen LogP contribution in [0.25, 0.3) is 0 Å². The van der Waals surface area contributed by atoms with Crippen LogP contribution in [-0.4, -0.2) is 36.3 Å². The molecule has 1 N–H and O–H groups in total. The van der Waals surface area contributed by atoms with Gasteiger partial charge in [0, 0.05) is 31.5 Å². The van der Waals surface area contributed by atoms with Gasteiger partial charge < -0.3 is 10.2 Å². The Balaban J connectivity index is 1.49. The summed E-state index contributed by atoms with van der Waals surface area (Å²) in [6.07, 6.45) is 5.35. The molecule has 134 valence electrons. The maximum absolute atomic E-state index is 12.7. The van der Waals surface area contributed by atoms with E-state index in [-0.39, 0.29) is 29.6 Å². The second-order valence-electron chi connectivity index (χ2n) is 8.25. The van der Waals surface area contributed by atoms with Crippen molar-refractivity contribution in [2.45, 2.75) is 44.9 Å². The number of carbonyl (C=O) groups excluding carboxylic acids is 2. The lowest BCUT2D eigenvalue weighted by Gasteiger charge is -2.37. The number of rotatable bonds is 5. The molecule has 2 amide bonds. The molecule has 0 aromatic heterocycles. The summed E-state index contributed by atoms with van der Waals surface area (Å²) >= 11 is 0. The van der Waals surface area contributed by atoms with Gasteiger partial charge in [-0.25, -0.2) is 0 Å². The van der Waals surface area contributed by atoms with Crippen LogP contribution in [0.3, 0.4) is 0 Å². The predicted molar refractivity (Wildman–Crippen MR) is 97.1 cm³/mol. The van der Waals surface area contributed by atoms with Crippen molar-refractivity contribution >= 4 is 11.8 Å². The molecule has 3 fully saturated rings. The molecule has 4 rings (SSSR count). The Hall–Kier alpha value is -1.84. The van der Waals surface area contributed by atoms with E-state index in [0.29, 0.717) is 12.5 Å². The fourth-order valence-electron chi connectivity index (χ4n) is 3.93. The van der Waals surface area contributed by atoms with Gasteiger partial charge in [0.15, 0.2) is 0 Å². The molecule has 2 saturated carbocycles. The van der Waals surface area contributed by atoms with Crippen LogP contribution < -0.4 is 5.32 Å². The molecule has 1 saturated heterocycles. The van der Waals surface area contributed by atoms with E-state index in [2.05, 4.69) is 36.5 Å². The molecular weight excluding hydrogens is 312 g/mol. The topological polar surface area (TPSA) is 49.4 Å². The lowest BCUT2D eigenvalue weighted by Crippen LogP contribution is -2.48. The lowest BCUT2D eigenvalue weighted by atomic mass is 9.83. The molecule has 1 aromatic rings. The minimum Gasteiger partial charge on any atom is -0.356 e. The number of carbonyl (C=O) groups is 2. The second kappa shape index (κ2) is 6.81. The zero-order valence-corrected chi connectivity index (χ0v) is 15.0. The smallest absolute Gasteiger partial charge is 0.225 e. The molecule has 2 atom stereocenters. The molecule has 2 unspecified atom stereocenters. The van der Waals surface area contributed by atoms with E-state index in [0.717, 1.165) is 32.4 Å². The van der Waals surface area contributed by atoms with Gasteiger partial charge in [-0.1, -0.05) is 29.8 Å². The predicted octanol–water partition coefficient (Wildman–Crippen LogP) is 2.86. The number of hydrogen-bond acceptors (Lipinski definition) is 2. The van der Waals surface area contributed by atoms with E-state index in [1.807, 2.05) is 4.90 Å². The summed E-state index contributed by atoms with van der Waals surface area (Å²) in [6, 6.07) is 8.52. The van der Waals surface area contributed by atoms with Gasteiger partial charge in [0.25, 0.3) is 0 Å². The van der Waals surface area contributed by atoms with Crippen LogP contribution in [-0.2, 0) is 9.59 Å². The number of likely N-dealkylation sites (tertiary alicyclic amines) is 1. The van der Waals surface area contributed by atoms with E-state index in [1.165, 1.54) is 24.0 Å². The quantitative estimate of drug-likeness (QED) is 0.896. The van der Waals surface area contributed by atoms with Crippen LogP contribution in [0, 0.1) is 24.7 Å². The Bertz CT molecular complexity index is 664. The fourth-order valence-corrected chi connectivity index (χ4v) is 3.93. The third kappa shape index (κ3) is 4.05. The molecular formula is C21H28N2O2. The van der Waals surface area contributed by atoms with Gasteiger partial charge >= 0.3 is 0 Å². The van der Waals surface area contributed by atoms with Gasteiger partial charge in [0.1, 0.15) is 0 Å². The highest BCUT2D eigenvalue weighted by atomic mass is 16.2. The van der Waals surface area contributed by atoms with Crippen molar-refractivity contribution in [3.63, 3.8) is 0 Å². The Morgan fingerprint density at radius 2 is 1.92 bits per heavy atom. The Morgan fingerprint density at radius 3 is 2.60 bits per heavy atom. The van der Waals surface area contributed by atoms with Crippen molar-refractivity contribution < 1.29 is 9.59 Å². The SMILES string of the molecule is Cc1cccc(C2CC(C(=O)NCC3CC3)CN(C(=O)C3CC3)C2)c1. The normalized spacial score (nSPS) is 26.4. The Kier molecular flexibility index (Phi) is 4.53. The molecule has 0 bridgehead atoms. The van der Waals surface area contributed by atoms with Crippen LogP contribution in [0.2, 0.25) is 0 Å². The Labute approximate surface area is 150 Å². The molecule has 0 spiro atoms. The van der Waals surface area contributed by atoms with E-state index in [1.54, 1.807) is 0 Å². The summed E-state index contributed by atoms with van der Waals surface area (Å²) in [5, 5.41) is 3.13. The molecule has 4 heteroatoms. The molecule has 1 aliphatic heterocycles. The minimum atomic E-state index is -0.0827. The van der Waals surface area contributed by atoms with Gasteiger partial charge in [-0.15, -0.1) is 0 Å². The zero-order valence-electron chi connectivity index (χ0n) is 15.0. The lowest BCUT2D eigenvalue weighted by molar-refractivity contribution is -0.137. The first kappa shape index (κ1) is 16.6. The van der Waals surface area contributed by atoms with Crippen molar-refractivity contribution in [2.75, 3.05) is 19.6 Å². The summed E-state index contributed by atoms with van der Waals surface area (Å²) in [4.78, 5) is 27.3. The number of benzene rings is 1. The molecule has 1 aromatic carbocycles. The molecule has 25 heavy (non-hydrogen) atoms. The van der Waals surface area contributed by atoms with Gasteiger partial charge in [0.05, 0.1) is 5.92 Å². The zero-order chi connectivity index (χ0) is 17.4. The Morgan fingerprint density at radius 1 is 1.12 bits per heavy atom. The van der Waals surface area contributed by atoms with Crippen LogP contribution >= 0.6 is 0 Å². The van der Waals surface area contributed by atoms with E-state index in [4.69, 9.17) is 0 Å². The van der Waals surface area contributed by atoms with E-state index < -0.39 is 0 Å². The van der Waals surface area contributed by atoms with E-state index >= 15 is 0 Å². The highest BCUT2D eigenvalue weighted by Crippen LogP contribution is 2.36. The van der Waals surface area contributed by atoms with Crippen LogP contribution in [0.5, 0.6) is 0 Å². The number of amides is 2. The number of aryl methyl sites for hydroxylation is 1. The summed E-state index contributed by atoms with van der Waals surface area (Å²) in [7, 11) is 0. The molecule has 3 aliphatic rings. The second-order valence-corrected chi connectivity index (χ2v) is 8.25. The summed E-state index contributed by atoms with van der Waals surface area (Å²) < 4.78 is 0. The monoisotopic (exact) mass is 340 g/mol. The molecule has 1 heterocycles. The van der Waals surface area contributed by atoms with Crippen molar-refractivity contribution in [1.29, 1.82) is 0 Å². The average Bonchev–Trinajstić information content (AvgIpc) is 3.52. The van der Waals surface area contributed by atoms with Crippen LogP contribution in [0.4, 0.5) is 0 Å². The van der Waals surface area contributed by atoms with Gasteiger partial charge in [-0.3, -0.25) is 9.59 Å². The molecule has 4 nitrogen and oxygen atoms in total. The number of piperidine rings is 1. The van der Waals surface area contributed by atoms with Crippen LogP contribution in [0.15, 0.2) is 24.3 Å². The fraction of sp³-hybridized carbons (Fsp3) is 0.619. The first-order valence-electron chi connectivity index (χ1n) is 9.73. The largest absolute Gasteiger partial charge is 0.356 e. The highest BCUT2D eigenvalue weighted by molar-refractivity contribution is 5.83. The standard InChI is InChI=1S/C21H28N2O2/c1-14-3-2-4-17(9-14)18-10-19(20(24)22-11-15-5-6-15)13-23(12-18)21(25)16-7-8-16/h2-4,9,15-16,18-19H,5-8,10-13H2,1H3,(H,22,24). The van der Waals surface area contributed by atoms with Crippen molar-refractivity contribution in [3.8, 4) is 0 Å². The first-order valence-corrected chi connectivity index (χ1v) is 9.73. The van der Waals surface area contributed by atoms with Crippen molar-refractivity contribution in [1.82, 2.24) is 10.2 Å². The first-order chi connectivity index (χ1) is 12.1. The van der Waals surface area contributed by atoms with Gasteiger partial charge in [0.2, 0.25) is 11.8 Å². The summed E-state index contributed by atoms with van der Waals surface area (Å²) in [6.45, 7) is 4.25. The maximum atomic E-state index is 12.7. The van der Waals surface area contributed by atoms with Gasteiger partial charge in [-0.2, -0.15) is 0 Å². The molecule has 0 radical (unpaired) electrons.